The van der Waals surface area contributed by atoms with Crippen LogP contribution in [0.15, 0.2) is 29.9 Å². The third-order valence-electron chi connectivity index (χ3n) is 9.14. The second-order valence-corrected chi connectivity index (χ2v) is 12.9. The number of ether oxygens (including phenoxy) is 3. The van der Waals surface area contributed by atoms with Crippen molar-refractivity contribution in [2.45, 2.75) is 77.2 Å². The molecule has 45 heavy (non-hydrogen) atoms. The first-order chi connectivity index (χ1) is 21.6. The van der Waals surface area contributed by atoms with Crippen LogP contribution < -0.4 is 0 Å². The van der Waals surface area contributed by atoms with Crippen LogP contribution in [0.2, 0.25) is 0 Å². The molecule has 12 heteroatoms. The maximum atomic E-state index is 15.2. The molecule has 0 bridgehead atoms. The SMILES string of the molecule is C/C(=C\c1cc(F)c2nnn([C@@H]3CCCOC3)c2c1)[C@H]1OC(=O)C[C@H](O)CC[C@H](C)[C@@H](OC(=O)N2CCN(C)CC2)/C=C/[C@@H]1C. The van der Waals surface area contributed by atoms with Crippen LogP contribution in [0.5, 0.6) is 0 Å². The van der Waals surface area contributed by atoms with Crippen LogP contribution in [0.4, 0.5) is 9.18 Å². The van der Waals surface area contributed by atoms with E-state index in [1.54, 1.807) is 15.7 Å². The molecular weight excluding hydrogens is 581 g/mol. The summed E-state index contributed by atoms with van der Waals surface area (Å²) in [5.74, 6) is -1.37. The van der Waals surface area contributed by atoms with E-state index < -0.39 is 30.1 Å². The number of hydrogen-bond donors (Lipinski definition) is 1. The number of aromatic nitrogens is 3. The van der Waals surface area contributed by atoms with Gasteiger partial charge in [-0.05, 0) is 74.9 Å². The first-order valence-corrected chi connectivity index (χ1v) is 16.1. The summed E-state index contributed by atoms with van der Waals surface area (Å²) >= 11 is 0. The maximum absolute atomic E-state index is 15.2. The number of carbonyl (C=O) groups excluding carboxylic acids is 2. The number of carbonyl (C=O) groups is 2. The van der Waals surface area contributed by atoms with Gasteiger partial charge in [0, 0.05) is 38.7 Å². The number of piperazine rings is 1. The summed E-state index contributed by atoms with van der Waals surface area (Å²) in [6, 6.07) is 3.22. The molecule has 246 valence electrons. The summed E-state index contributed by atoms with van der Waals surface area (Å²) < 4.78 is 34.5. The Hall–Kier alpha value is -3.35. The molecule has 0 aliphatic carbocycles. The maximum Gasteiger partial charge on any atom is 0.410 e. The van der Waals surface area contributed by atoms with Crippen LogP contribution in [-0.2, 0) is 19.0 Å². The van der Waals surface area contributed by atoms with Crippen LogP contribution in [-0.4, -0.2) is 107 Å². The fourth-order valence-corrected chi connectivity index (χ4v) is 6.26. The highest BCUT2D eigenvalue weighted by atomic mass is 19.1. The number of cyclic esters (lactones) is 1. The zero-order chi connectivity index (χ0) is 32.1. The summed E-state index contributed by atoms with van der Waals surface area (Å²) in [6.07, 6.45) is 5.70. The molecule has 1 aromatic heterocycles. The lowest BCUT2D eigenvalue weighted by molar-refractivity contribution is -0.151. The number of esters is 1. The molecule has 6 atom stereocenters. The standard InChI is InChI=1S/C33H46FN5O6/c1-21-7-9-26(40)19-30(41)45-32(22(2)8-10-29(21)44-33(42)38-13-11-37(4)12-14-38)23(3)16-24-17-27(34)31-28(18-24)39(36-35-31)25-6-5-15-43-20-25/h8,10,16-18,21-22,25-26,29,32,40H,5-7,9,11-15,19-20H2,1-4H3/b10-8+,23-16+/t21-,22-,25+,26+,29-,32-/m0/s1. The van der Waals surface area contributed by atoms with E-state index in [-0.39, 0.29) is 35.9 Å². The molecule has 5 rings (SSSR count). The predicted molar refractivity (Wildman–Crippen MR) is 167 cm³/mol. The van der Waals surface area contributed by atoms with E-state index in [1.165, 1.54) is 6.07 Å². The lowest BCUT2D eigenvalue weighted by atomic mass is 9.91. The summed E-state index contributed by atoms with van der Waals surface area (Å²) in [7, 11) is 2.03. The third kappa shape index (κ3) is 8.28. The molecule has 1 N–H and O–H groups in total. The van der Waals surface area contributed by atoms with Crippen molar-refractivity contribution in [3.05, 3.63) is 41.2 Å². The largest absolute Gasteiger partial charge is 0.457 e. The predicted octanol–water partition coefficient (Wildman–Crippen LogP) is 4.36. The van der Waals surface area contributed by atoms with Gasteiger partial charge < -0.3 is 29.1 Å². The van der Waals surface area contributed by atoms with E-state index in [9.17, 15) is 14.7 Å². The minimum atomic E-state index is -0.884. The van der Waals surface area contributed by atoms with E-state index in [1.807, 2.05) is 46.0 Å². The molecule has 0 unspecified atom stereocenters. The van der Waals surface area contributed by atoms with E-state index in [0.29, 0.717) is 55.8 Å². The highest BCUT2D eigenvalue weighted by Crippen LogP contribution is 2.29. The van der Waals surface area contributed by atoms with Crippen molar-refractivity contribution in [3.8, 4) is 0 Å². The Bertz CT molecular complexity index is 1400. The number of likely N-dealkylation sites (N-methyl/N-ethyl adjacent to an activating group) is 1. The Balaban J connectivity index is 1.40. The van der Waals surface area contributed by atoms with Gasteiger partial charge in [0.1, 0.15) is 17.7 Å². The lowest BCUT2D eigenvalue weighted by Crippen LogP contribution is -2.48. The van der Waals surface area contributed by atoms with Gasteiger partial charge in [-0.2, -0.15) is 0 Å². The topological polar surface area (TPSA) is 119 Å². The zero-order valence-electron chi connectivity index (χ0n) is 26.7. The Morgan fingerprint density at radius 1 is 1.13 bits per heavy atom. The molecule has 2 fully saturated rings. The van der Waals surface area contributed by atoms with Crippen molar-refractivity contribution >= 4 is 29.2 Å². The highest BCUT2D eigenvalue weighted by molar-refractivity contribution is 5.79. The van der Waals surface area contributed by atoms with Crippen LogP contribution >= 0.6 is 0 Å². The van der Waals surface area contributed by atoms with E-state index in [2.05, 4.69) is 15.2 Å². The monoisotopic (exact) mass is 627 g/mol. The summed E-state index contributed by atoms with van der Waals surface area (Å²) in [4.78, 5) is 29.9. The van der Waals surface area contributed by atoms with E-state index in [0.717, 1.165) is 25.9 Å². The molecule has 3 aliphatic rings. The number of halogens is 1. The van der Waals surface area contributed by atoms with Crippen LogP contribution in [0.25, 0.3) is 17.1 Å². The first kappa shape index (κ1) is 33.0. The quantitative estimate of drug-likeness (QED) is 0.390. The third-order valence-corrected chi connectivity index (χ3v) is 9.14. The van der Waals surface area contributed by atoms with Gasteiger partial charge in [-0.3, -0.25) is 4.79 Å². The van der Waals surface area contributed by atoms with E-state index in [4.69, 9.17) is 14.2 Å². The number of fused-ring (bicyclic) bond motifs is 1. The zero-order valence-corrected chi connectivity index (χ0v) is 26.7. The first-order valence-electron chi connectivity index (χ1n) is 16.1. The molecule has 0 spiro atoms. The second kappa shape index (κ2) is 14.8. The number of amides is 1. The van der Waals surface area contributed by atoms with Crippen molar-refractivity contribution in [1.29, 1.82) is 0 Å². The minimum Gasteiger partial charge on any atom is -0.457 e. The van der Waals surface area contributed by atoms with Crippen molar-refractivity contribution in [2.24, 2.45) is 11.8 Å². The Morgan fingerprint density at radius 2 is 1.91 bits per heavy atom. The summed E-state index contributed by atoms with van der Waals surface area (Å²) in [5, 5.41) is 18.9. The smallest absolute Gasteiger partial charge is 0.410 e. The van der Waals surface area contributed by atoms with Gasteiger partial charge in [-0.25, -0.2) is 13.9 Å². The summed E-state index contributed by atoms with van der Waals surface area (Å²) in [6.45, 7) is 9.73. The Morgan fingerprint density at radius 3 is 2.64 bits per heavy atom. The van der Waals surface area contributed by atoms with Crippen LogP contribution in [0.1, 0.15) is 64.5 Å². The molecule has 2 aromatic rings. The number of nitrogens with zero attached hydrogens (tertiary/aromatic N) is 5. The molecule has 4 heterocycles. The molecule has 3 aliphatic heterocycles. The van der Waals surface area contributed by atoms with Gasteiger partial charge in [0.05, 0.1) is 30.7 Å². The molecule has 0 saturated carbocycles. The van der Waals surface area contributed by atoms with E-state index >= 15 is 4.39 Å². The molecule has 1 amide bonds. The van der Waals surface area contributed by atoms with Crippen molar-refractivity contribution in [3.63, 3.8) is 0 Å². The highest BCUT2D eigenvalue weighted by Gasteiger charge is 2.29. The Kier molecular flexibility index (Phi) is 10.9. The fraction of sp³-hybridized carbons (Fsp3) is 0.636. The Labute approximate surface area is 264 Å². The number of aliphatic hydroxyl groups is 1. The number of benzene rings is 1. The lowest BCUT2D eigenvalue weighted by Gasteiger charge is -2.33. The molecule has 0 radical (unpaired) electrons. The number of rotatable bonds is 4. The van der Waals surface area contributed by atoms with Gasteiger partial charge in [0.2, 0.25) is 0 Å². The minimum absolute atomic E-state index is 0.0204. The molecule has 11 nitrogen and oxygen atoms in total. The van der Waals surface area contributed by atoms with Gasteiger partial charge in [-0.15, -0.1) is 5.10 Å². The van der Waals surface area contributed by atoms with Crippen LogP contribution in [0, 0.1) is 17.7 Å². The molecule has 2 saturated heterocycles. The number of aliphatic hydroxyl groups excluding tert-OH is 1. The summed E-state index contributed by atoms with van der Waals surface area (Å²) in [5.41, 5.74) is 2.06. The van der Waals surface area contributed by atoms with Gasteiger partial charge in [0.15, 0.2) is 5.82 Å². The average Bonchev–Trinajstić information content (AvgIpc) is 3.45. The van der Waals surface area contributed by atoms with Crippen molar-refractivity contribution < 1.29 is 33.3 Å². The molecule has 1 aromatic carbocycles. The van der Waals surface area contributed by atoms with Gasteiger partial charge in [0.25, 0.3) is 0 Å². The second-order valence-electron chi connectivity index (χ2n) is 12.9. The average molecular weight is 628 g/mol. The van der Waals surface area contributed by atoms with Crippen LogP contribution in [0.3, 0.4) is 0 Å². The molecular formula is C33H46FN5O6. The number of hydrogen-bond acceptors (Lipinski definition) is 9. The van der Waals surface area contributed by atoms with Crippen molar-refractivity contribution in [1.82, 2.24) is 24.8 Å². The van der Waals surface area contributed by atoms with Gasteiger partial charge in [-0.1, -0.05) is 31.2 Å². The normalized spacial score (nSPS) is 30.3. The van der Waals surface area contributed by atoms with Crippen molar-refractivity contribution in [2.75, 3.05) is 46.4 Å². The fourth-order valence-electron chi connectivity index (χ4n) is 6.26. The van der Waals surface area contributed by atoms with Gasteiger partial charge >= 0.3 is 12.1 Å².